The van der Waals surface area contributed by atoms with Crippen LogP contribution in [-0.2, 0) is 14.8 Å². The zero-order chi connectivity index (χ0) is 13.1. The van der Waals surface area contributed by atoms with Crippen molar-refractivity contribution >= 4 is 21.8 Å². The molecular weight excluding hydrogens is 251 g/mol. The summed E-state index contributed by atoms with van der Waals surface area (Å²) in [7, 11) is -3.53. The number of ether oxygens (including phenoxy) is 1. The number of carbonyl (C=O) groups excluding carboxylic acids is 1. The first-order valence-corrected chi connectivity index (χ1v) is 6.53. The lowest BCUT2D eigenvalue weighted by atomic mass is 10.2. The van der Waals surface area contributed by atoms with Gasteiger partial charge < -0.3 is 4.74 Å². The molecule has 1 aromatic rings. The van der Waals surface area contributed by atoms with Gasteiger partial charge >= 0.3 is 5.97 Å². The van der Waals surface area contributed by atoms with Gasteiger partial charge in [0.2, 0.25) is 10.0 Å². The highest BCUT2D eigenvalue weighted by Crippen LogP contribution is 2.13. The van der Waals surface area contributed by atoms with Gasteiger partial charge in [-0.15, -0.1) is 0 Å². The van der Waals surface area contributed by atoms with Crippen LogP contribution in [0.3, 0.4) is 0 Å². The second-order valence-electron chi connectivity index (χ2n) is 3.14. The molecule has 8 heteroatoms. The quantitative estimate of drug-likeness (QED) is 0.810. The molecule has 6 nitrogen and oxygen atoms in total. The first-order chi connectivity index (χ1) is 7.83. The Bertz CT molecular complexity index is 530. The molecule has 0 aliphatic rings. The summed E-state index contributed by atoms with van der Waals surface area (Å²) in [5.41, 5.74) is -0.368. The fraction of sp³-hybridized carbons (Fsp3) is 0.333. The second-order valence-corrected chi connectivity index (χ2v) is 4.89. The van der Waals surface area contributed by atoms with Crippen molar-refractivity contribution in [3.8, 4) is 0 Å². The van der Waals surface area contributed by atoms with Crippen LogP contribution in [0.15, 0.2) is 12.3 Å². The number of nitrogens with one attached hydrogen (secondary N) is 1. The van der Waals surface area contributed by atoms with Crippen LogP contribution in [0.25, 0.3) is 0 Å². The molecule has 1 N–H and O–H groups in total. The molecule has 0 aliphatic heterocycles. The van der Waals surface area contributed by atoms with Gasteiger partial charge in [-0.05, 0) is 13.0 Å². The summed E-state index contributed by atoms with van der Waals surface area (Å²) in [6.07, 6.45) is 1.67. The van der Waals surface area contributed by atoms with Crippen molar-refractivity contribution < 1.29 is 22.3 Å². The number of halogens is 1. The van der Waals surface area contributed by atoms with Crippen molar-refractivity contribution in [1.82, 2.24) is 4.98 Å². The molecule has 0 fully saturated rings. The Labute approximate surface area is 97.9 Å². The van der Waals surface area contributed by atoms with Crippen LogP contribution >= 0.6 is 0 Å². The molecule has 0 atom stereocenters. The number of aromatic nitrogens is 1. The molecule has 0 amide bonds. The van der Waals surface area contributed by atoms with Gasteiger partial charge in [0.05, 0.1) is 19.1 Å². The number of anilines is 1. The summed E-state index contributed by atoms with van der Waals surface area (Å²) < 4.78 is 41.7. The smallest absolute Gasteiger partial charge is 0.341 e. The minimum Gasteiger partial charge on any atom is -0.462 e. The van der Waals surface area contributed by atoms with Crippen molar-refractivity contribution in [1.29, 1.82) is 0 Å². The topological polar surface area (TPSA) is 85.4 Å². The summed E-state index contributed by atoms with van der Waals surface area (Å²) in [6.45, 7) is 1.67. The number of carbonyl (C=O) groups is 1. The first-order valence-electron chi connectivity index (χ1n) is 4.64. The van der Waals surface area contributed by atoms with Crippen molar-refractivity contribution in [2.24, 2.45) is 0 Å². The summed E-state index contributed by atoms with van der Waals surface area (Å²) in [5, 5.41) is 0. The molecule has 0 saturated carbocycles. The molecule has 0 aliphatic carbocycles. The van der Waals surface area contributed by atoms with Crippen LogP contribution < -0.4 is 4.72 Å². The third-order valence-electron chi connectivity index (χ3n) is 1.64. The molecule has 0 radical (unpaired) electrons. The fourth-order valence-electron chi connectivity index (χ4n) is 1.05. The van der Waals surface area contributed by atoms with Gasteiger partial charge in [0, 0.05) is 0 Å². The summed E-state index contributed by atoms with van der Waals surface area (Å²) in [6, 6.07) is 0.981. The van der Waals surface area contributed by atoms with Crippen LogP contribution in [0.5, 0.6) is 0 Å². The molecule has 0 aromatic carbocycles. The maximum Gasteiger partial charge on any atom is 0.341 e. The van der Waals surface area contributed by atoms with Gasteiger partial charge in [-0.25, -0.2) is 22.6 Å². The predicted octanol–water partition coefficient (Wildman–Crippen LogP) is 0.769. The number of rotatable bonds is 4. The van der Waals surface area contributed by atoms with Crippen LogP contribution in [0, 0.1) is 5.82 Å². The number of nitrogens with zero attached hydrogens (tertiary/aromatic N) is 1. The van der Waals surface area contributed by atoms with E-state index in [9.17, 15) is 17.6 Å². The number of sulfonamides is 1. The standard InChI is InChI=1S/C9H11FN2O4S/c1-3-16-9(13)6-4-8(11-5-7(6)10)12-17(2,14)15/h4-5H,3H2,1-2H3,(H,11,12). The van der Waals surface area contributed by atoms with Crippen LogP contribution in [0.2, 0.25) is 0 Å². The molecule has 17 heavy (non-hydrogen) atoms. The zero-order valence-electron chi connectivity index (χ0n) is 9.23. The Morgan fingerprint density at radius 3 is 2.76 bits per heavy atom. The average Bonchev–Trinajstić information content (AvgIpc) is 2.19. The Hall–Kier alpha value is -1.70. The maximum absolute atomic E-state index is 13.2. The fourth-order valence-corrected chi connectivity index (χ4v) is 1.54. The second kappa shape index (κ2) is 5.09. The zero-order valence-corrected chi connectivity index (χ0v) is 10.0. The van der Waals surface area contributed by atoms with Crippen molar-refractivity contribution in [2.45, 2.75) is 6.92 Å². The molecular formula is C9H11FN2O4S. The first kappa shape index (κ1) is 13.4. The van der Waals surface area contributed by atoms with Gasteiger partial charge in [-0.3, -0.25) is 4.72 Å². The van der Waals surface area contributed by atoms with Crippen LogP contribution in [0.1, 0.15) is 17.3 Å². The highest BCUT2D eigenvalue weighted by atomic mass is 32.2. The van der Waals surface area contributed by atoms with Crippen LogP contribution in [-0.4, -0.2) is 32.2 Å². The van der Waals surface area contributed by atoms with E-state index in [2.05, 4.69) is 9.72 Å². The van der Waals surface area contributed by atoms with Gasteiger partial charge in [0.25, 0.3) is 0 Å². The van der Waals surface area contributed by atoms with E-state index in [4.69, 9.17) is 0 Å². The van der Waals surface area contributed by atoms with Gasteiger partial charge in [0.1, 0.15) is 11.4 Å². The number of esters is 1. The van der Waals surface area contributed by atoms with Crippen LogP contribution in [0.4, 0.5) is 10.2 Å². The van der Waals surface area contributed by atoms with E-state index in [1.807, 2.05) is 4.72 Å². The van der Waals surface area contributed by atoms with Crippen molar-refractivity contribution in [2.75, 3.05) is 17.6 Å². The molecule has 0 saturated heterocycles. The number of hydrogen-bond acceptors (Lipinski definition) is 5. The highest BCUT2D eigenvalue weighted by molar-refractivity contribution is 7.92. The van der Waals surface area contributed by atoms with E-state index < -0.39 is 21.8 Å². The van der Waals surface area contributed by atoms with E-state index in [0.29, 0.717) is 0 Å². The van der Waals surface area contributed by atoms with E-state index >= 15 is 0 Å². The molecule has 0 unspecified atom stereocenters. The lowest BCUT2D eigenvalue weighted by molar-refractivity contribution is 0.0521. The van der Waals surface area contributed by atoms with E-state index in [-0.39, 0.29) is 18.0 Å². The van der Waals surface area contributed by atoms with E-state index in [1.165, 1.54) is 0 Å². The Kier molecular flexibility index (Phi) is 4.00. The molecule has 1 aromatic heterocycles. The lowest BCUT2D eigenvalue weighted by Gasteiger charge is -2.06. The Morgan fingerprint density at radius 2 is 2.24 bits per heavy atom. The van der Waals surface area contributed by atoms with Gasteiger partial charge in [-0.1, -0.05) is 0 Å². The number of pyridine rings is 1. The maximum atomic E-state index is 13.2. The minimum absolute atomic E-state index is 0.0927. The number of hydrogen-bond donors (Lipinski definition) is 1. The largest absolute Gasteiger partial charge is 0.462 e. The average molecular weight is 262 g/mol. The summed E-state index contributed by atoms with van der Waals surface area (Å²) in [5.74, 6) is -1.89. The SMILES string of the molecule is CCOC(=O)c1cc(NS(C)(=O)=O)ncc1F. The lowest BCUT2D eigenvalue weighted by Crippen LogP contribution is -2.13. The summed E-state index contributed by atoms with van der Waals surface area (Å²) >= 11 is 0. The Morgan fingerprint density at radius 1 is 1.59 bits per heavy atom. The van der Waals surface area contributed by atoms with Crippen molar-refractivity contribution in [3.63, 3.8) is 0 Å². The molecule has 1 heterocycles. The van der Waals surface area contributed by atoms with E-state index in [1.54, 1.807) is 6.92 Å². The third kappa shape index (κ3) is 3.99. The molecule has 1 rings (SSSR count). The van der Waals surface area contributed by atoms with Gasteiger partial charge in [-0.2, -0.15) is 0 Å². The Balaban J connectivity index is 3.06. The summed E-state index contributed by atoms with van der Waals surface area (Å²) in [4.78, 5) is 14.8. The normalized spacial score (nSPS) is 11.0. The molecule has 94 valence electrons. The third-order valence-corrected chi connectivity index (χ3v) is 2.22. The monoisotopic (exact) mass is 262 g/mol. The van der Waals surface area contributed by atoms with Crippen molar-refractivity contribution in [3.05, 3.63) is 23.6 Å². The highest BCUT2D eigenvalue weighted by Gasteiger charge is 2.15. The predicted molar refractivity (Wildman–Crippen MR) is 58.6 cm³/mol. The van der Waals surface area contributed by atoms with Gasteiger partial charge in [0.15, 0.2) is 5.82 Å². The molecule has 0 spiro atoms. The minimum atomic E-state index is -3.53. The van der Waals surface area contributed by atoms with E-state index in [0.717, 1.165) is 18.5 Å². The molecule has 0 bridgehead atoms.